The summed E-state index contributed by atoms with van der Waals surface area (Å²) in [6, 6.07) is 0. The molecular formula is C12H24O2. The molecule has 0 N–H and O–H groups in total. The van der Waals surface area contributed by atoms with Gasteiger partial charge in [-0.1, -0.05) is 26.7 Å². The van der Waals surface area contributed by atoms with Crippen molar-refractivity contribution in [1.29, 1.82) is 0 Å². The van der Waals surface area contributed by atoms with Crippen molar-refractivity contribution < 1.29 is 9.53 Å². The molecule has 0 saturated heterocycles. The molecule has 0 radical (unpaired) electrons. The average Bonchev–Trinajstić information content (AvgIpc) is 2.13. The molecular weight excluding hydrogens is 176 g/mol. The fourth-order valence-corrected chi connectivity index (χ4v) is 1.53. The van der Waals surface area contributed by atoms with Gasteiger partial charge in [0, 0.05) is 13.0 Å². The minimum absolute atomic E-state index is 0.230. The van der Waals surface area contributed by atoms with Crippen LogP contribution in [0.1, 0.15) is 53.9 Å². The van der Waals surface area contributed by atoms with Crippen molar-refractivity contribution in [1.82, 2.24) is 0 Å². The number of rotatable bonds is 7. The smallest absolute Gasteiger partial charge is 0.164 e. The van der Waals surface area contributed by atoms with Gasteiger partial charge >= 0.3 is 0 Å². The van der Waals surface area contributed by atoms with Crippen LogP contribution < -0.4 is 0 Å². The lowest BCUT2D eigenvalue weighted by Gasteiger charge is -2.25. The van der Waals surface area contributed by atoms with E-state index in [0.717, 1.165) is 12.8 Å². The second-order valence-corrected chi connectivity index (χ2v) is 4.25. The molecule has 2 nitrogen and oxygen atoms in total. The summed E-state index contributed by atoms with van der Waals surface area (Å²) >= 11 is 0. The second-order valence-electron chi connectivity index (χ2n) is 4.25. The summed E-state index contributed by atoms with van der Waals surface area (Å²) in [6.45, 7) is 10.5. The number of ketones is 1. The number of hydrogen-bond acceptors (Lipinski definition) is 2. The highest BCUT2D eigenvalue weighted by molar-refractivity contribution is 5.86. The van der Waals surface area contributed by atoms with Crippen molar-refractivity contribution in [2.45, 2.75) is 59.5 Å². The van der Waals surface area contributed by atoms with Crippen LogP contribution in [0.4, 0.5) is 0 Å². The Bertz CT molecular complexity index is 169. The van der Waals surface area contributed by atoms with Crippen LogP contribution >= 0.6 is 0 Å². The van der Waals surface area contributed by atoms with Crippen LogP contribution in [0, 0.1) is 5.92 Å². The third kappa shape index (κ3) is 4.23. The molecule has 0 saturated carbocycles. The zero-order valence-electron chi connectivity index (χ0n) is 10.2. The first-order valence-corrected chi connectivity index (χ1v) is 5.65. The van der Waals surface area contributed by atoms with Gasteiger partial charge in [0.05, 0.1) is 0 Å². The molecule has 0 spiro atoms. The van der Waals surface area contributed by atoms with Crippen LogP contribution in [-0.4, -0.2) is 18.0 Å². The van der Waals surface area contributed by atoms with Gasteiger partial charge in [0.25, 0.3) is 0 Å². The molecule has 0 bridgehead atoms. The van der Waals surface area contributed by atoms with Crippen LogP contribution in [0.15, 0.2) is 0 Å². The fraction of sp³-hybridized carbons (Fsp3) is 0.917. The van der Waals surface area contributed by atoms with E-state index in [1.807, 2.05) is 20.8 Å². The topological polar surface area (TPSA) is 26.3 Å². The summed E-state index contributed by atoms with van der Waals surface area (Å²) in [5.41, 5.74) is -0.600. The quantitative estimate of drug-likeness (QED) is 0.631. The van der Waals surface area contributed by atoms with E-state index in [9.17, 15) is 4.79 Å². The van der Waals surface area contributed by atoms with E-state index in [1.165, 1.54) is 0 Å². The van der Waals surface area contributed by atoms with Crippen LogP contribution in [0.2, 0.25) is 0 Å². The Morgan fingerprint density at radius 1 is 1.21 bits per heavy atom. The first-order valence-electron chi connectivity index (χ1n) is 5.65. The van der Waals surface area contributed by atoms with Gasteiger partial charge in [0.1, 0.15) is 5.60 Å². The van der Waals surface area contributed by atoms with E-state index in [0.29, 0.717) is 18.9 Å². The average molecular weight is 200 g/mol. The van der Waals surface area contributed by atoms with Gasteiger partial charge < -0.3 is 4.74 Å². The molecule has 0 aromatic carbocycles. The van der Waals surface area contributed by atoms with Crippen molar-refractivity contribution >= 4 is 5.78 Å². The second kappa shape index (κ2) is 6.18. The molecule has 2 heteroatoms. The van der Waals surface area contributed by atoms with Gasteiger partial charge in [-0.25, -0.2) is 0 Å². The van der Waals surface area contributed by atoms with Crippen LogP contribution in [0.5, 0.6) is 0 Å². The van der Waals surface area contributed by atoms with Gasteiger partial charge in [-0.05, 0) is 26.7 Å². The summed E-state index contributed by atoms with van der Waals surface area (Å²) in [5, 5.41) is 0. The molecule has 0 aromatic heterocycles. The zero-order chi connectivity index (χ0) is 11.2. The lowest BCUT2D eigenvalue weighted by Crippen LogP contribution is -2.36. The summed E-state index contributed by atoms with van der Waals surface area (Å²) in [6.07, 6.45) is 2.80. The predicted octanol–water partition coefficient (Wildman–Crippen LogP) is 3.20. The fourth-order valence-electron chi connectivity index (χ4n) is 1.53. The Labute approximate surface area is 88.0 Å². The molecule has 0 amide bonds. The molecule has 0 atom stereocenters. The molecule has 0 aromatic rings. The van der Waals surface area contributed by atoms with Gasteiger partial charge in [-0.15, -0.1) is 0 Å². The third-order valence-electron chi connectivity index (χ3n) is 2.81. The molecule has 0 fully saturated rings. The monoisotopic (exact) mass is 200 g/mol. The summed E-state index contributed by atoms with van der Waals surface area (Å²) in [5.74, 6) is 0.746. The number of Topliss-reactive ketones (excluding diaryl/α,β-unsaturated/α-hetero) is 1. The lowest BCUT2D eigenvalue weighted by molar-refractivity contribution is -0.140. The molecule has 14 heavy (non-hydrogen) atoms. The first-order chi connectivity index (χ1) is 6.47. The minimum Gasteiger partial charge on any atom is -0.368 e. The van der Waals surface area contributed by atoms with E-state index in [1.54, 1.807) is 0 Å². The van der Waals surface area contributed by atoms with Gasteiger partial charge in [-0.2, -0.15) is 0 Å². The molecule has 0 aliphatic heterocycles. The zero-order valence-corrected chi connectivity index (χ0v) is 10.2. The van der Waals surface area contributed by atoms with Gasteiger partial charge in [0.15, 0.2) is 5.78 Å². The molecule has 0 rings (SSSR count). The molecule has 0 aliphatic rings. The Morgan fingerprint density at radius 2 is 1.71 bits per heavy atom. The van der Waals surface area contributed by atoms with Crippen molar-refractivity contribution in [3.05, 3.63) is 0 Å². The Kier molecular flexibility index (Phi) is 6.01. The summed E-state index contributed by atoms with van der Waals surface area (Å²) in [7, 11) is 0. The van der Waals surface area contributed by atoms with Crippen molar-refractivity contribution in [3.8, 4) is 0 Å². The summed E-state index contributed by atoms with van der Waals surface area (Å²) in [4.78, 5) is 11.9. The first kappa shape index (κ1) is 13.6. The maximum atomic E-state index is 11.9. The van der Waals surface area contributed by atoms with Crippen molar-refractivity contribution in [2.75, 3.05) is 6.61 Å². The predicted molar refractivity (Wildman–Crippen MR) is 59.4 cm³/mol. The highest BCUT2D eigenvalue weighted by atomic mass is 16.5. The number of ether oxygens (including phenoxy) is 1. The number of carbonyl (C=O) groups excluding carboxylic acids is 1. The van der Waals surface area contributed by atoms with E-state index in [2.05, 4.69) is 13.8 Å². The molecule has 0 aliphatic carbocycles. The van der Waals surface area contributed by atoms with Crippen LogP contribution in [0.3, 0.4) is 0 Å². The van der Waals surface area contributed by atoms with Crippen molar-refractivity contribution in [2.24, 2.45) is 5.92 Å². The van der Waals surface area contributed by atoms with E-state index in [4.69, 9.17) is 4.74 Å². The maximum Gasteiger partial charge on any atom is 0.164 e. The van der Waals surface area contributed by atoms with Crippen LogP contribution in [-0.2, 0) is 9.53 Å². The normalized spacial score (nSPS) is 12.1. The molecule has 0 unspecified atom stereocenters. The van der Waals surface area contributed by atoms with E-state index in [-0.39, 0.29) is 5.78 Å². The summed E-state index contributed by atoms with van der Waals surface area (Å²) < 4.78 is 5.43. The highest BCUT2D eigenvalue weighted by Gasteiger charge is 2.28. The van der Waals surface area contributed by atoms with Crippen LogP contribution in [0.25, 0.3) is 0 Å². The molecule has 84 valence electrons. The standard InChI is InChI=1S/C12H24O2/c1-6-10(7-2)9-11(13)12(4,5)14-8-3/h10H,6-9H2,1-5H3. The van der Waals surface area contributed by atoms with E-state index >= 15 is 0 Å². The maximum absolute atomic E-state index is 11.9. The van der Waals surface area contributed by atoms with Gasteiger partial charge in [0.2, 0.25) is 0 Å². The number of carbonyl (C=O) groups is 1. The van der Waals surface area contributed by atoms with Crippen molar-refractivity contribution in [3.63, 3.8) is 0 Å². The lowest BCUT2D eigenvalue weighted by atomic mass is 9.90. The Morgan fingerprint density at radius 3 is 2.07 bits per heavy atom. The SMILES string of the molecule is CCOC(C)(C)C(=O)CC(CC)CC. The minimum atomic E-state index is -0.600. The molecule has 0 heterocycles. The van der Waals surface area contributed by atoms with E-state index < -0.39 is 5.60 Å². The number of hydrogen-bond donors (Lipinski definition) is 0. The third-order valence-corrected chi connectivity index (χ3v) is 2.81. The largest absolute Gasteiger partial charge is 0.368 e. The van der Waals surface area contributed by atoms with Gasteiger partial charge in [-0.3, -0.25) is 4.79 Å². The Hall–Kier alpha value is -0.370. The Balaban J connectivity index is 4.17. The highest BCUT2D eigenvalue weighted by Crippen LogP contribution is 2.20.